The Kier molecular flexibility index (Phi) is 14.2. The van der Waals surface area contributed by atoms with E-state index in [1.807, 2.05) is 35.8 Å². The second-order valence-corrected chi connectivity index (χ2v) is 9.60. The molecule has 0 aliphatic carbocycles. The van der Waals surface area contributed by atoms with Gasteiger partial charge in [0.2, 0.25) is 0 Å². The van der Waals surface area contributed by atoms with E-state index >= 15 is 0 Å². The third-order valence-electron chi connectivity index (χ3n) is 4.28. The molecule has 0 unspecified atom stereocenters. The molecule has 0 fully saturated rings. The Balaban J connectivity index is 0.000000227. The lowest BCUT2D eigenvalue weighted by Crippen LogP contribution is -1.93. The van der Waals surface area contributed by atoms with Crippen molar-refractivity contribution in [2.24, 2.45) is 0 Å². The lowest BCUT2D eigenvalue weighted by Gasteiger charge is -1.98. The van der Waals surface area contributed by atoms with E-state index < -0.39 is 0 Å². The number of hydrogen-bond donors (Lipinski definition) is 0. The van der Waals surface area contributed by atoms with Crippen LogP contribution in [0, 0.1) is 0 Å². The maximum absolute atomic E-state index is 4.63. The second-order valence-electron chi connectivity index (χ2n) is 8.67. The zero-order valence-corrected chi connectivity index (χ0v) is 22.4. The van der Waals surface area contributed by atoms with E-state index in [4.69, 9.17) is 0 Å². The van der Waals surface area contributed by atoms with E-state index in [1.54, 1.807) is 36.2 Å². The predicted octanol–water partition coefficient (Wildman–Crippen LogP) is 7.26. The molecule has 0 bridgehead atoms. The summed E-state index contributed by atoms with van der Waals surface area (Å²) in [6.07, 6.45) is 8.66. The standard InChI is InChI=1S/2C7H10N2.C6H9NO.C6H9NS/c1-6(2)7-8-4-3-5-9-7;1-6(2)7-4-3-5-8-9-7;1-5(2)6-3-4-8-7-6;1-5(2)6-7-3-4-8-6/h2*3-6H,1-2H3;2*3-5H,1-2H3. The summed E-state index contributed by atoms with van der Waals surface area (Å²) < 4.78 is 4.63. The average molecular weight is 483 g/mol. The molecule has 184 valence electrons. The second kappa shape index (κ2) is 16.6. The van der Waals surface area contributed by atoms with Crippen LogP contribution in [-0.2, 0) is 0 Å². The molecular formula is C26H38N6OS. The summed E-state index contributed by atoms with van der Waals surface area (Å²) in [5.41, 5.74) is 2.07. The van der Waals surface area contributed by atoms with Crippen molar-refractivity contribution in [2.45, 2.75) is 79.1 Å². The van der Waals surface area contributed by atoms with Crippen molar-refractivity contribution in [1.82, 2.24) is 30.3 Å². The Morgan fingerprint density at radius 3 is 1.65 bits per heavy atom. The van der Waals surface area contributed by atoms with Crippen LogP contribution in [0.1, 0.15) is 101 Å². The molecule has 34 heavy (non-hydrogen) atoms. The van der Waals surface area contributed by atoms with Crippen LogP contribution in [0.4, 0.5) is 0 Å². The first-order valence-electron chi connectivity index (χ1n) is 11.6. The van der Waals surface area contributed by atoms with Gasteiger partial charge in [-0.05, 0) is 30.0 Å². The van der Waals surface area contributed by atoms with E-state index in [-0.39, 0.29) is 0 Å². The highest BCUT2D eigenvalue weighted by Crippen LogP contribution is 2.15. The topological polar surface area (TPSA) is 90.5 Å². The van der Waals surface area contributed by atoms with Crippen LogP contribution >= 0.6 is 11.3 Å². The predicted molar refractivity (Wildman–Crippen MR) is 139 cm³/mol. The van der Waals surface area contributed by atoms with Gasteiger partial charge in [-0.3, -0.25) is 0 Å². The first-order valence-corrected chi connectivity index (χ1v) is 12.4. The summed E-state index contributed by atoms with van der Waals surface area (Å²) in [4.78, 5) is 12.3. The quantitative estimate of drug-likeness (QED) is 0.302. The van der Waals surface area contributed by atoms with Crippen molar-refractivity contribution in [3.05, 3.63) is 82.9 Å². The normalized spacial score (nSPS) is 10.2. The lowest BCUT2D eigenvalue weighted by molar-refractivity contribution is 0.408. The summed E-state index contributed by atoms with van der Waals surface area (Å²) in [6.45, 7) is 16.8. The maximum Gasteiger partial charge on any atom is 0.130 e. The molecule has 0 saturated heterocycles. The molecule has 4 aromatic heterocycles. The molecule has 0 amide bonds. The Labute approximate surface area is 208 Å². The highest BCUT2D eigenvalue weighted by Gasteiger charge is 2.00. The fraction of sp³-hybridized carbons (Fsp3) is 0.462. The van der Waals surface area contributed by atoms with Crippen molar-refractivity contribution in [1.29, 1.82) is 0 Å². The van der Waals surface area contributed by atoms with Gasteiger partial charge in [0.15, 0.2) is 0 Å². The minimum absolute atomic E-state index is 0.436. The molecule has 0 saturated carbocycles. The van der Waals surface area contributed by atoms with Crippen molar-refractivity contribution >= 4 is 11.3 Å². The van der Waals surface area contributed by atoms with Gasteiger partial charge in [0.05, 0.1) is 16.4 Å². The zero-order chi connectivity index (χ0) is 25.3. The van der Waals surface area contributed by atoms with Gasteiger partial charge in [0, 0.05) is 48.1 Å². The molecule has 0 aromatic carbocycles. The van der Waals surface area contributed by atoms with Crippen LogP contribution in [0.2, 0.25) is 0 Å². The minimum atomic E-state index is 0.436. The first-order chi connectivity index (χ1) is 16.2. The highest BCUT2D eigenvalue weighted by molar-refractivity contribution is 7.09. The third-order valence-corrected chi connectivity index (χ3v) is 5.36. The Morgan fingerprint density at radius 1 is 0.676 bits per heavy atom. The van der Waals surface area contributed by atoms with E-state index in [9.17, 15) is 0 Å². The number of nitrogens with zero attached hydrogens (tertiary/aromatic N) is 6. The number of hydrogen-bond acceptors (Lipinski definition) is 8. The monoisotopic (exact) mass is 482 g/mol. The van der Waals surface area contributed by atoms with Crippen molar-refractivity contribution < 1.29 is 4.52 Å². The summed E-state index contributed by atoms with van der Waals surface area (Å²) in [6, 6.07) is 7.59. The van der Waals surface area contributed by atoms with Gasteiger partial charge in [-0.15, -0.1) is 11.3 Å². The molecule has 0 aliphatic rings. The van der Waals surface area contributed by atoms with Gasteiger partial charge >= 0.3 is 0 Å². The van der Waals surface area contributed by atoms with Gasteiger partial charge in [-0.2, -0.15) is 10.2 Å². The third kappa shape index (κ3) is 12.3. The molecule has 7 nitrogen and oxygen atoms in total. The Bertz CT molecular complexity index is 875. The van der Waals surface area contributed by atoms with E-state index in [1.165, 1.54) is 5.01 Å². The Hall–Kier alpha value is -3.00. The van der Waals surface area contributed by atoms with Crippen LogP contribution in [-0.4, -0.2) is 30.3 Å². The maximum atomic E-state index is 4.63. The van der Waals surface area contributed by atoms with Gasteiger partial charge < -0.3 is 4.52 Å². The van der Waals surface area contributed by atoms with Crippen LogP contribution in [0.15, 0.2) is 65.2 Å². The van der Waals surface area contributed by atoms with Gasteiger partial charge in [-0.1, -0.05) is 60.5 Å². The summed E-state index contributed by atoms with van der Waals surface area (Å²) >= 11 is 1.72. The SMILES string of the molecule is CC(C)c1cccnn1.CC(C)c1ccon1.CC(C)c1ncccn1.CC(C)c1nccs1. The minimum Gasteiger partial charge on any atom is -0.365 e. The zero-order valence-electron chi connectivity index (χ0n) is 21.6. The van der Waals surface area contributed by atoms with E-state index in [0.29, 0.717) is 23.7 Å². The molecule has 8 heteroatoms. The highest BCUT2D eigenvalue weighted by atomic mass is 32.1. The van der Waals surface area contributed by atoms with Crippen molar-refractivity contribution in [2.75, 3.05) is 0 Å². The molecule has 0 spiro atoms. The Morgan fingerprint density at radius 2 is 1.35 bits per heavy atom. The first kappa shape index (κ1) is 29.0. The van der Waals surface area contributed by atoms with Crippen LogP contribution in [0.25, 0.3) is 0 Å². The van der Waals surface area contributed by atoms with Crippen LogP contribution < -0.4 is 0 Å². The number of rotatable bonds is 4. The summed E-state index contributed by atoms with van der Waals surface area (Å²) in [5.74, 6) is 2.91. The van der Waals surface area contributed by atoms with Gasteiger partial charge in [-0.25, -0.2) is 15.0 Å². The van der Waals surface area contributed by atoms with Crippen molar-refractivity contribution in [3.63, 3.8) is 0 Å². The van der Waals surface area contributed by atoms with Gasteiger partial charge in [0.1, 0.15) is 12.1 Å². The van der Waals surface area contributed by atoms with Gasteiger partial charge in [0.25, 0.3) is 0 Å². The fourth-order valence-electron chi connectivity index (χ4n) is 2.27. The molecule has 4 heterocycles. The smallest absolute Gasteiger partial charge is 0.130 e. The molecule has 0 N–H and O–H groups in total. The average Bonchev–Trinajstić information content (AvgIpc) is 3.56. The van der Waals surface area contributed by atoms with Crippen LogP contribution in [0.5, 0.6) is 0 Å². The van der Waals surface area contributed by atoms with Crippen LogP contribution in [0.3, 0.4) is 0 Å². The number of thiazole rings is 1. The molecule has 0 aliphatic heterocycles. The van der Waals surface area contributed by atoms with E-state index in [2.05, 4.69) is 90.2 Å². The molecule has 4 aromatic rings. The lowest BCUT2D eigenvalue weighted by atomic mass is 10.1. The van der Waals surface area contributed by atoms with Crippen molar-refractivity contribution in [3.8, 4) is 0 Å². The molecule has 4 rings (SSSR count). The summed E-state index contributed by atoms with van der Waals surface area (Å²) in [7, 11) is 0. The largest absolute Gasteiger partial charge is 0.365 e. The van der Waals surface area contributed by atoms with E-state index in [0.717, 1.165) is 17.2 Å². The molecular weight excluding hydrogens is 444 g/mol. The molecule has 0 atom stereocenters. The molecule has 0 radical (unpaired) electrons. The fourth-order valence-corrected chi connectivity index (χ4v) is 2.92. The summed E-state index contributed by atoms with van der Waals surface area (Å²) in [5, 5.41) is 14.7. The number of aromatic nitrogens is 6.